The predicted octanol–water partition coefficient (Wildman–Crippen LogP) is 1.32. The zero-order valence-corrected chi connectivity index (χ0v) is 12.1. The molecule has 0 bridgehead atoms. The average molecular weight is 274 g/mol. The van der Waals surface area contributed by atoms with Gasteiger partial charge in [-0.15, -0.1) is 0 Å². The minimum absolute atomic E-state index is 0.370. The molecule has 0 fully saturated rings. The molecule has 5 nitrogen and oxygen atoms in total. The molecule has 0 aliphatic carbocycles. The van der Waals surface area contributed by atoms with E-state index >= 15 is 0 Å². The van der Waals surface area contributed by atoms with Gasteiger partial charge in [0.15, 0.2) is 0 Å². The van der Waals surface area contributed by atoms with E-state index < -0.39 is 23.1 Å². The van der Waals surface area contributed by atoms with Gasteiger partial charge in [-0.2, -0.15) is 16.8 Å². The molecule has 1 rings (SSSR count). The van der Waals surface area contributed by atoms with Crippen molar-refractivity contribution in [1.29, 1.82) is 0 Å². The summed E-state index contributed by atoms with van der Waals surface area (Å²) in [6.45, 7) is 7.78. The van der Waals surface area contributed by atoms with Crippen molar-refractivity contribution >= 4 is 17.7 Å². The molecule has 0 aromatic carbocycles. The summed E-state index contributed by atoms with van der Waals surface area (Å²) in [6.07, 6.45) is 2.03. The number of hydrogen-bond acceptors (Lipinski definition) is 5. The normalized spacial score (nSPS) is 23.8. The summed E-state index contributed by atoms with van der Waals surface area (Å²) >= 11 is 1.48. The smallest absolute Gasteiger partial charge is 0.321 e. The molecule has 0 amide bonds. The number of carboxylic acids is 1. The van der Waals surface area contributed by atoms with Crippen molar-refractivity contribution < 1.29 is 15.1 Å². The molecule has 4 N–H and O–H groups in total. The number of hydrogen-bond donors (Lipinski definition) is 3. The first-order valence-electron chi connectivity index (χ1n) is 5.86. The highest BCUT2D eigenvalue weighted by molar-refractivity contribution is 7.99. The fraction of sp³-hybridized carbons (Fsp3) is 0.750. The minimum Gasteiger partial charge on any atom is -0.480 e. The second-order valence-electron chi connectivity index (χ2n) is 5.65. The molecule has 104 valence electrons. The highest BCUT2D eigenvalue weighted by Crippen LogP contribution is 2.39. The number of hydroxylamine groups is 2. The van der Waals surface area contributed by atoms with E-state index in [2.05, 4.69) is 0 Å². The second kappa shape index (κ2) is 5.21. The summed E-state index contributed by atoms with van der Waals surface area (Å²) in [5, 5.41) is 20.1. The number of carboxylic acid groups (broad SMARTS) is 1. The van der Waals surface area contributed by atoms with Crippen LogP contribution < -0.4 is 5.73 Å². The highest BCUT2D eigenvalue weighted by Gasteiger charge is 2.44. The Bertz CT molecular complexity index is 366. The number of carbonyl (C=O) groups is 1. The molecule has 0 saturated carbocycles. The summed E-state index contributed by atoms with van der Waals surface area (Å²) in [7, 11) is 0. The molecule has 0 radical (unpaired) electrons. The number of nitrogens with zero attached hydrogens (tertiary/aromatic N) is 1. The lowest BCUT2D eigenvalue weighted by atomic mass is 9.98. The Labute approximate surface area is 112 Å². The third-order valence-corrected chi connectivity index (χ3v) is 4.37. The zero-order chi connectivity index (χ0) is 14.1. The maximum absolute atomic E-state index is 10.6. The van der Waals surface area contributed by atoms with Gasteiger partial charge in [0, 0.05) is 11.5 Å². The van der Waals surface area contributed by atoms with E-state index in [0.717, 1.165) is 5.57 Å². The van der Waals surface area contributed by atoms with E-state index in [0.29, 0.717) is 11.5 Å². The lowest BCUT2D eigenvalue weighted by Crippen LogP contribution is -2.48. The molecule has 0 unspecified atom stereocenters. The zero-order valence-electron chi connectivity index (χ0n) is 11.3. The van der Waals surface area contributed by atoms with Gasteiger partial charge in [-0.1, -0.05) is 6.08 Å². The molecule has 1 aliphatic rings. The topological polar surface area (TPSA) is 86.8 Å². The molecule has 1 atom stereocenters. The maximum atomic E-state index is 10.6. The predicted molar refractivity (Wildman–Crippen MR) is 72.8 cm³/mol. The van der Waals surface area contributed by atoms with E-state index in [-0.39, 0.29) is 0 Å². The third kappa shape index (κ3) is 3.06. The Kier molecular flexibility index (Phi) is 4.48. The summed E-state index contributed by atoms with van der Waals surface area (Å²) in [5.41, 5.74) is 5.72. The van der Waals surface area contributed by atoms with Crippen LogP contribution in [0.5, 0.6) is 0 Å². The van der Waals surface area contributed by atoms with Crippen LogP contribution in [-0.2, 0) is 4.79 Å². The molecule has 6 heteroatoms. The lowest BCUT2D eigenvalue weighted by Gasteiger charge is -2.36. The summed E-state index contributed by atoms with van der Waals surface area (Å²) in [6, 6.07) is -0.835. The molecule has 0 saturated heterocycles. The number of aliphatic carboxylic acids is 1. The van der Waals surface area contributed by atoms with Gasteiger partial charge >= 0.3 is 5.97 Å². The van der Waals surface area contributed by atoms with Crippen LogP contribution in [-0.4, -0.2) is 50.0 Å². The number of nitrogens with two attached hydrogens (primary N) is 1. The Morgan fingerprint density at radius 3 is 2.44 bits per heavy atom. The van der Waals surface area contributed by atoms with Crippen LogP contribution in [0.3, 0.4) is 0 Å². The van der Waals surface area contributed by atoms with Crippen molar-refractivity contribution in [2.75, 3.05) is 11.5 Å². The molecular formula is C12H22N2O3S. The van der Waals surface area contributed by atoms with Crippen LogP contribution in [0.4, 0.5) is 0 Å². The molecule has 1 aliphatic heterocycles. The van der Waals surface area contributed by atoms with Crippen LogP contribution in [0.25, 0.3) is 0 Å². The largest absolute Gasteiger partial charge is 0.480 e. The van der Waals surface area contributed by atoms with Gasteiger partial charge in [0.1, 0.15) is 6.04 Å². The van der Waals surface area contributed by atoms with Crippen LogP contribution in [0.2, 0.25) is 0 Å². The highest BCUT2D eigenvalue weighted by atomic mass is 32.2. The van der Waals surface area contributed by atoms with E-state index in [1.165, 1.54) is 16.8 Å². The van der Waals surface area contributed by atoms with E-state index in [1.807, 2.05) is 33.8 Å². The van der Waals surface area contributed by atoms with Crippen molar-refractivity contribution in [2.45, 2.75) is 44.8 Å². The number of rotatable bonds is 5. The fourth-order valence-electron chi connectivity index (χ4n) is 2.11. The van der Waals surface area contributed by atoms with E-state index in [4.69, 9.17) is 10.8 Å². The van der Waals surface area contributed by atoms with Gasteiger partial charge in [0.25, 0.3) is 0 Å². The molecule has 1 heterocycles. The molecule has 0 aromatic heterocycles. The maximum Gasteiger partial charge on any atom is 0.321 e. The monoisotopic (exact) mass is 274 g/mol. The molecule has 18 heavy (non-hydrogen) atoms. The molecule has 0 aromatic rings. The quantitative estimate of drug-likeness (QED) is 0.655. The van der Waals surface area contributed by atoms with Crippen LogP contribution in [0.15, 0.2) is 11.6 Å². The van der Waals surface area contributed by atoms with Gasteiger partial charge in [-0.05, 0) is 33.3 Å². The lowest BCUT2D eigenvalue weighted by molar-refractivity contribution is -0.185. The Hall–Kier alpha value is -0.560. The second-order valence-corrected chi connectivity index (χ2v) is 6.68. The molecule has 0 spiro atoms. The van der Waals surface area contributed by atoms with Crippen LogP contribution >= 0.6 is 11.8 Å². The first-order chi connectivity index (χ1) is 8.09. The van der Waals surface area contributed by atoms with E-state index in [1.54, 1.807) is 0 Å². The third-order valence-electron chi connectivity index (χ3n) is 3.26. The van der Waals surface area contributed by atoms with Gasteiger partial charge in [0.2, 0.25) is 0 Å². The summed E-state index contributed by atoms with van der Waals surface area (Å²) in [5.74, 6) is 0.0644. The van der Waals surface area contributed by atoms with Gasteiger partial charge in [0.05, 0.1) is 11.1 Å². The minimum atomic E-state index is -0.980. The average Bonchev–Trinajstić information content (AvgIpc) is 2.39. The first kappa shape index (κ1) is 15.5. The Morgan fingerprint density at radius 2 is 2.06 bits per heavy atom. The van der Waals surface area contributed by atoms with Crippen molar-refractivity contribution in [3.8, 4) is 0 Å². The Morgan fingerprint density at radius 1 is 1.50 bits per heavy atom. The summed E-state index contributed by atoms with van der Waals surface area (Å²) in [4.78, 5) is 10.6. The van der Waals surface area contributed by atoms with Crippen LogP contribution in [0.1, 0.15) is 27.7 Å². The fourth-order valence-corrected chi connectivity index (χ4v) is 3.28. The standard InChI is InChI=1S/C12H22N2O3S/c1-11(2)5-8(12(3,4)14(11)17)6-18-7-9(13)10(15)16/h5,9,17H,6-7,13H2,1-4H3,(H,15,16)/t9-/m0/s1. The van der Waals surface area contributed by atoms with E-state index in [9.17, 15) is 10.0 Å². The van der Waals surface area contributed by atoms with Gasteiger partial charge < -0.3 is 16.0 Å². The first-order valence-corrected chi connectivity index (χ1v) is 7.02. The van der Waals surface area contributed by atoms with Crippen molar-refractivity contribution in [2.24, 2.45) is 5.73 Å². The van der Waals surface area contributed by atoms with Crippen molar-refractivity contribution in [3.63, 3.8) is 0 Å². The van der Waals surface area contributed by atoms with Crippen molar-refractivity contribution in [1.82, 2.24) is 5.06 Å². The van der Waals surface area contributed by atoms with Gasteiger partial charge in [-0.3, -0.25) is 4.79 Å². The SMILES string of the molecule is CC1(C)C=C(CSC[C@H](N)C(=O)O)C(C)(C)N1O. The summed E-state index contributed by atoms with van der Waals surface area (Å²) < 4.78 is 0. The molecular weight excluding hydrogens is 252 g/mol. The number of thioether (sulfide) groups is 1. The van der Waals surface area contributed by atoms with Gasteiger partial charge in [-0.25, -0.2) is 0 Å². The van der Waals surface area contributed by atoms with Crippen molar-refractivity contribution in [3.05, 3.63) is 11.6 Å². The van der Waals surface area contributed by atoms with Crippen LogP contribution in [0, 0.1) is 0 Å². The Balaban J connectivity index is 2.60.